The van der Waals surface area contributed by atoms with Crippen molar-refractivity contribution >= 4 is 0 Å². The highest BCUT2D eigenvalue weighted by Gasteiger charge is 2.15. The summed E-state index contributed by atoms with van der Waals surface area (Å²) in [6, 6.07) is 4.03. The molecule has 4 nitrogen and oxygen atoms in total. The van der Waals surface area contributed by atoms with E-state index in [-0.39, 0.29) is 6.10 Å². The third kappa shape index (κ3) is 4.72. The average molecular weight is 249 g/mol. The van der Waals surface area contributed by atoms with Crippen molar-refractivity contribution in [2.45, 2.75) is 25.4 Å². The van der Waals surface area contributed by atoms with Crippen LogP contribution >= 0.6 is 0 Å². The number of likely N-dealkylation sites (tertiary alicyclic amines) is 1. The fourth-order valence-corrected chi connectivity index (χ4v) is 2.38. The van der Waals surface area contributed by atoms with Crippen LogP contribution in [0.1, 0.15) is 18.4 Å². The van der Waals surface area contributed by atoms with Crippen molar-refractivity contribution in [1.82, 2.24) is 15.2 Å². The zero-order valence-corrected chi connectivity index (χ0v) is 10.9. The zero-order chi connectivity index (χ0) is 12.6. The molecular formula is C14H23N3O. The molecule has 4 heteroatoms. The number of aliphatic hydroxyl groups is 1. The lowest BCUT2D eigenvalue weighted by molar-refractivity contribution is 0.124. The normalized spacial score (nSPS) is 18.1. The Labute approximate surface area is 109 Å². The maximum Gasteiger partial charge on any atom is 0.0791 e. The Morgan fingerprint density at radius 3 is 2.94 bits per heavy atom. The van der Waals surface area contributed by atoms with Gasteiger partial charge in [-0.3, -0.25) is 4.98 Å². The number of nitrogens with zero attached hydrogens (tertiary/aromatic N) is 2. The number of aromatic nitrogens is 1. The van der Waals surface area contributed by atoms with E-state index in [1.165, 1.54) is 18.4 Å². The maximum atomic E-state index is 9.89. The standard InChI is InChI=1S/C14H23N3O/c18-14(12-17-8-1-2-9-17)11-16-7-5-13-4-3-6-15-10-13/h3-4,6,10,14,16,18H,1-2,5,7-9,11-12H2/t14-/m1/s1. The quantitative estimate of drug-likeness (QED) is 0.697. The summed E-state index contributed by atoms with van der Waals surface area (Å²) in [6.45, 7) is 4.67. The first-order chi connectivity index (χ1) is 8.84. The molecule has 0 aliphatic carbocycles. The van der Waals surface area contributed by atoms with Crippen LogP contribution < -0.4 is 5.32 Å². The molecule has 2 N–H and O–H groups in total. The number of nitrogens with one attached hydrogen (secondary N) is 1. The lowest BCUT2D eigenvalue weighted by Gasteiger charge is -2.19. The van der Waals surface area contributed by atoms with Crippen molar-refractivity contribution in [3.05, 3.63) is 30.1 Å². The van der Waals surface area contributed by atoms with Gasteiger partial charge in [-0.05, 0) is 50.5 Å². The van der Waals surface area contributed by atoms with Gasteiger partial charge < -0.3 is 15.3 Å². The summed E-state index contributed by atoms with van der Waals surface area (Å²) in [5.41, 5.74) is 1.24. The molecule has 1 aliphatic rings. The predicted octanol–water partition coefficient (Wildman–Crippen LogP) is 0.670. The Morgan fingerprint density at radius 2 is 2.22 bits per heavy atom. The van der Waals surface area contributed by atoms with E-state index < -0.39 is 0 Å². The molecule has 1 aromatic heterocycles. The van der Waals surface area contributed by atoms with E-state index in [1.807, 2.05) is 12.3 Å². The van der Waals surface area contributed by atoms with Crippen LogP contribution in [0, 0.1) is 0 Å². The summed E-state index contributed by atoms with van der Waals surface area (Å²) < 4.78 is 0. The fourth-order valence-electron chi connectivity index (χ4n) is 2.38. The van der Waals surface area contributed by atoms with Crippen molar-refractivity contribution < 1.29 is 5.11 Å². The molecule has 0 radical (unpaired) electrons. The molecule has 2 heterocycles. The molecule has 18 heavy (non-hydrogen) atoms. The molecule has 2 rings (SSSR count). The van der Waals surface area contributed by atoms with Crippen LogP contribution in [-0.4, -0.2) is 53.8 Å². The molecular weight excluding hydrogens is 226 g/mol. The van der Waals surface area contributed by atoms with Gasteiger partial charge in [0.2, 0.25) is 0 Å². The summed E-state index contributed by atoms with van der Waals surface area (Å²) in [6.07, 6.45) is 6.95. The molecule has 0 saturated carbocycles. The van der Waals surface area contributed by atoms with Crippen LogP contribution in [0.4, 0.5) is 0 Å². The highest BCUT2D eigenvalue weighted by molar-refractivity contribution is 5.08. The van der Waals surface area contributed by atoms with Crippen molar-refractivity contribution in [2.24, 2.45) is 0 Å². The smallest absolute Gasteiger partial charge is 0.0791 e. The van der Waals surface area contributed by atoms with Gasteiger partial charge in [0.05, 0.1) is 6.10 Å². The minimum atomic E-state index is -0.253. The van der Waals surface area contributed by atoms with Crippen LogP contribution in [0.25, 0.3) is 0 Å². The van der Waals surface area contributed by atoms with E-state index in [4.69, 9.17) is 0 Å². The Balaban J connectivity index is 1.54. The third-order valence-electron chi connectivity index (χ3n) is 3.36. The lowest BCUT2D eigenvalue weighted by Crippen LogP contribution is -2.37. The fraction of sp³-hybridized carbons (Fsp3) is 0.643. The summed E-state index contributed by atoms with van der Waals surface area (Å²) >= 11 is 0. The number of pyridine rings is 1. The monoisotopic (exact) mass is 249 g/mol. The van der Waals surface area contributed by atoms with E-state index in [2.05, 4.69) is 21.3 Å². The molecule has 100 valence electrons. The molecule has 1 aliphatic heterocycles. The first kappa shape index (κ1) is 13.5. The molecule has 1 saturated heterocycles. The Kier molecular flexibility index (Phi) is 5.58. The lowest BCUT2D eigenvalue weighted by atomic mass is 10.2. The molecule has 0 unspecified atom stereocenters. The van der Waals surface area contributed by atoms with Gasteiger partial charge in [0, 0.05) is 25.5 Å². The second kappa shape index (κ2) is 7.46. The van der Waals surface area contributed by atoms with Gasteiger partial charge in [-0.1, -0.05) is 6.07 Å². The third-order valence-corrected chi connectivity index (χ3v) is 3.36. The van der Waals surface area contributed by atoms with E-state index in [1.54, 1.807) is 6.20 Å². The second-order valence-electron chi connectivity index (χ2n) is 4.98. The van der Waals surface area contributed by atoms with Gasteiger partial charge >= 0.3 is 0 Å². The topological polar surface area (TPSA) is 48.4 Å². The van der Waals surface area contributed by atoms with E-state index in [0.29, 0.717) is 6.54 Å². The Bertz CT molecular complexity index is 325. The Hall–Kier alpha value is -0.970. The second-order valence-corrected chi connectivity index (χ2v) is 4.98. The van der Waals surface area contributed by atoms with E-state index in [0.717, 1.165) is 32.6 Å². The van der Waals surface area contributed by atoms with E-state index in [9.17, 15) is 5.11 Å². The van der Waals surface area contributed by atoms with Crippen LogP contribution in [0.15, 0.2) is 24.5 Å². The van der Waals surface area contributed by atoms with Gasteiger partial charge in [0.15, 0.2) is 0 Å². The number of hydrogen-bond acceptors (Lipinski definition) is 4. The molecule has 0 spiro atoms. The highest BCUT2D eigenvalue weighted by atomic mass is 16.3. The van der Waals surface area contributed by atoms with Gasteiger partial charge in [-0.25, -0.2) is 0 Å². The molecule has 1 aromatic rings. The van der Waals surface area contributed by atoms with Crippen molar-refractivity contribution in [3.8, 4) is 0 Å². The zero-order valence-electron chi connectivity index (χ0n) is 10.9. The minimum Gasteiger partial charge on any atom is -0.390 e. The van der Waals surface area contributed by atoms with Crippen LogP contribution in [-0.2, 0) is 6.42 Å². The number of rotatable bonds is 7. The van der Waals surface area contributed by atoms with Crippen molar-refractivity contribution in [2.75, 3.05) is 32.7 Å². The Morgan fingerprint density at radius 1 is 1.39 bits per heavy atom. The largest absolute Gasteiger partial charge is 0.390 e. The minimum absolute atomic E-state index is 0.253. The molecule has 0 bridgehead atoms. The highest BCUT2D eigenvalue weighted by Crippen LogP contribution is 2.07. The van der Waals surface area contributed by atoms with Gasteiger partial charge in [-0.15, -0.1) is 0 Å². The van der Waals surface area contributed by atoms with Crippen molar-refractivity contribution in [3.63, 3.8) is 0 Å². The van der Waals surface area contributed by atoms with Gasteiger partial charge in [0.1, 0.15) is 0 Å². The van der Waals surface area contributed by atoms with Crippen LogP contribution in [0.3, 0.4) is 0 Å². The summed E-state index contributed by atoms with van der Waals surface area (Å²) in [7, 11) is 0. The summed E-state index contributed by atoms with van der Waals surface area (Å²) in [5.74, 6) is 0. The first-order valence-corrected chi connectivity index (χ1v) is 6.84. The number of aliphatic hydroxyl groups excluding tert-OH is 1. The summed E-state index contributed by atoms with van der Waals surface area (Å²) in [4.78, 5) is 6.42. The summed E-state index contributed by atoms with van der Waals surface area (Å²) in [5, 5.41) is 13.2. The first-order valence-electron chi connectivity index (χ1n) is 6.84. The molecule has 0 aromatic carbocycles. The SMILES string of the molecule is O[C@H](CNCCc1cccnc1)CN1CCCC1. The molecule has 1 fully saturated rings. The van der Waals surface area contributed by atoms with Crippen LogP contribution in [0.2, 0.25) is 0 Å². The van der Waals surface area contributed by atoms with E-state index >= 15 is 0 Å². The predicted molar refractivity (Wildman–Crippen MR) is 72.5 cm³/mol. The van der Waals surface area contributed by atoms with Gasteiger partial charge in [0.25, 0.3) is 0 Å². The molecule has 1 atom stereocenters. The average Bonchev–Trinajstić information content (AvgIpc) is 2.89. The number of β-amino-alcohol motifs (C(OH)–C–C–N with tert-alkyl or cyclic N) is 1. The maximum absolute atomic E-state index is 9.89. The van der Waals surface area contributed by atoms with Gasteiger partial charge in [-0.2, -0.15) is 0 Å². The molecule has 0 amide bonds. The van der Waals surface area contributed by atoms with Crippen LogP contribution in [0.5, 0.6) is 0 Å². The number of hydrogen-bond donors (Lipinski definition) is 2. The van der Waals surface area contributed by atoms with Crippen molar-refractivity contribution in [1.29, 1.82) is 0 Å².